The van der Waals surface area contributed by atoms with Gasteiger partial charge in [-0.1, -0.05) is 34.6 Å². The van der Waals surface area contributed by atoms with Crippen molar-refractivity contribution in [2.24, 2.45) is 5.41 Å². The smallest absolute Gasteiger partial charge is 0.138 e. The first kappa shape index (κ1) is 15.1. The van der Waals surface area contributed by atoms with E-state index in [-0.39, 0.29) is 5.41 Å². The molecular formula is C16H28N4. The summed E-state index contributed by atoms with van der Waals surface area (Å²) in [7, 11) is 1.91. The number of nitrogens with zero attached hydrogens (tertiary/aromatic N) is 3. The Morgan fingerprint density at radius 2 is 1.75 bits per heavy atom. The number of aromatic nitrogens is 2. The molecule has 1 N–H and O–H groups in total. The zero-order chi connectivity index (χ0) is 15.0. The number of hydrogen-bond donors (Lipinski definition) is 1. The van der Waals surface area contributed by atoms with Crippen molar-refractivity contribution in [1.82, 2.24) is 9.97 Å². The minimum absolute atomic E-state index is 0.0311. The van der Waals surface area contributed by atoms with E-state index in [1.165, 1.54) is 12.8 Å². The molecule has 4 heteroatoms. The third kappa shape index (κ3) is 3.41. The monoisotopic (exact) mass is 276 g/mol. The molecule has 0 aromatic carbocycles. The Kier molecular flexibility index (Phi) is 3.94. The summed E-state index contributed by atoms with van der Waals surface area (Å²) >= 11 is 0. The third-order valence-corrected chi connectivity index (χ3v) is 4.08. The van der Waals surface area contributed by atoms with Crippen LogP contribution in [-0.4, -0.2) is 30.1 Å². The molecule has 0 aliphatic carbocycles. The molecule has 1 aromatic rings. The maximum absolute atomic E-state index is 4.80. The minimum Gasteiger partial charge on any atom is -0.373 e. The topological polar surface area (TPSA) is 41.0 Å². The number of nitrogens with one attached hydrogen (secondary N) is 1. The zero-order valence-electron chi connectivity index (χ0n) is 13.7. The van der Waals surface area contributed by atoms with Gasteiger partial charge in [0.05, 0.1) is 0 Å². The lowest BCUT2D eigenvalue weighted by molar-refractivity contribution is 0.279. The van der Waals surface area contributed by atoms with Crippen LogP contribution < -0.4 is 10.2 Å². The van der Waals surface area contributed by atoms with E-state index in [2.05, 4.69) is 55.9 Å². The second kappa shape index (κ2) is 5.23. The molecule has 0 bridgehead atoms. The number of piperidine rings is 1. The molecule has 1 aliphatic rings. The van der Waals surface area contributed by atoms with Crippen molar-refractivity contribution in [3.8, 4) is 0 Å². The molecule has 0 saturated carbocycles. The van der Waals surface area contributed by atoms with Crippen molar-refractivity contribution in [2.45, 2.75) is 52.9 Å². The molecule has 1 saturated heterocycles. The van der Waals surface area contributed by atoms with E-state index in [0.29, 0.717) is 5.41 Å². The highest BCUT2D eigenvalue weighted by atomic mass is 15.2. The van der Waals surface area contributed by atoms with Gasteiger partial charge in [0.2, 0.25) is 0 Å². The lowest BCUT2D eigenvalue weighted by Gasteiger charge is -2.38. The molecular weight excluding hydrogens is 248 g/mol. The Morgan fingerprint density at radius 1 is 1.15 bits per heavy atom. The van der Waals surface area contributed by atoms with Crippen molar-refractivity contribution >= 4 is 11.6 Å². The summed E-state index contributed by atoms with van der Waals surface area (Å²) in [6.07, 6.45) is 2.44. The molecule has 2 heterocycles. The van der Waals surface area contributed by atoms with Crippen LogP contribution >= 0.6 is 0 Å². The molecule has 0 atom stereocenters. The number of hydrogen-bond acceptors (Lipinski definition) is 4. The van der Waals surface area contributed by atoms with E-state index in [4.69, 9.17) is 4.98 Å². The molecule has 20 heavy (non-hydrogen) atoms. The van der Waals surface area contributed by atoms with Crippen molar-refractivity contribution in [3.63, 3.8) is 0 Å². The Bertz CT molecular complexity index is 464. The maximum Gasteiger partial charge on any atom is 0.138 e. The van der Waals surface area contributed by atoms with Crippen LogP contribution in [0.1, 0.15) is 53.3 Å². The van der Waals surface area contributed by atoms with Gasteiger partial charge >= 0.3 is 0 Å². The van der Waals surface area contributed by atoms with Gasteiger partial charge < -0.3 is 10.2 Å². The fraction of sp³-hybridized carbons (Fsp3) is 0.750. The Balaban J connectivity index is 2.28. The molecule has 1 fully saturated rings. The van der Waals surface area contributed by atoms with Gasteiger partial charge in [-0.15, -0.1) is 0 Å². The number of rotatable bonds is 2. The lowest BCUT2D eigenvalue weighted by atomic mass is 9.83. The van der Waals surface area contributed by atoms with Gasteiger partial charge in [0.15, 0.2) is 0 Å². The predicted octanol–water partition coefficient (Wildman–Crippen LogP) is 3.44. The van der Waals surface area contributed by atoms with Crippen molar-refractivity contribution in [1.29, 1.82) is 0 Å². The predicted molar refractivity (Wildman–Crippen MR) is 85.5 cm³/mol. The summed E-state index contributed by atoms with van der Waals surface area (Å²) in [5.74, 6) is 2.87. The molecule has 1 aliphatic heterocycles. The summed E-state index contributed by atoms with van der Waals surface area (Å²) in [6.45, 7) is 13.3. The van der Waals surface area contributed by atoms with Gasteiger partial charge in [-0.2, -0.15) is 0 Å². The first-order valence-corrected chi connectivity index (χ1v) is 7.53. The summed E-state index contributed by atoms with van der Waals surface area (Å²) in [4.78, 5) is 11.8. The van der Waals surface area contributed by atoms with Crippen molar-refractivity contribution in [3.05, 3.63) is 11.9 Å². The van der Waals surface area contributed by atoms with Gasteiger partial charge in [0.25, 0.3) is 0 Å². The van der Waals surface area contributed by atoms with Crippen LogP contribution in [0.2, 0.25) is 0 Å². The SMILES string of the molecule is CNc1cc(N2CCC(C)(C)CC2)nc(C(C)(C)C)n1. The highest BCUT2D eigenvalue weighted by Crippen LogP contribution is 2.32. The largest absolute Gasteiger partial charge is 0.373 e. The fourth-order valence-corrected chi connectivity index (χ4v) is 2.40. The van der Waals surface area contributed by atoms with E-state index >= 15 is 0 Å². The first-order chi connectivity index (χ1) is 9.21. The molecule has 0 unspecified atom stereocenters. The van der Waals surface area contributed by atoms with Crippen LogP contribution in [0.5, 0.6) is 0 Å². The molecule has 1 aromatic heterocycles. The lowest BCUT2D eigenvalue weighted by Crippen LogP contribution is -2.38. The van der Waals surface area contributed by atoms with Gasteiger partial charge in [0, 0.05) is 31.6 Å². The van der Waals surface area contributed by atoms with E-state index in [9.17, 15) is 0 Å². The number of anilines is 2. The van der Waals surface area contributed by atoms with Crippen molar-refractivity contribution in [2.75, 3.05) is 30.4 Å². The highest BCUT2D eigenvalue weighted by Gasteiger charge is 2.27. The fourth-order valence-electron chi connectivity index (χ4n) is 2.40. The Labute approximate surface area is 123 Å². The zero-order valence-corrected chi connectivity index (χ0v) is 13.7. The normalized spacial score (nSPS) is 19.0. The second-order valence-electron chi connectivity index (χ2n) is 7.59. The van der Waals surface area contributed by atoms with Crippen LogP contribution in [0.4, 0.5) is 11.6 Å². The molecule has 4 nitrogen and oxygen atoms in total. The maximum atomic E-state index is 4.80. The molecule has 0 amide bonds. The van der Waals surface area contributed by atoms with Gasteiger partial charge in [0.1, 0.15) is 17.5 Å². The second-order valence-corrected chi connectivity index (χ2v) is 7.59. The van der Waals surface area contributed by atoms with Crippen LogP contribution in [0, 0.1) is 5.41 Å². The van der Waals surface area contributed by atoms with Gasteiger partial charge in [-0.25, -0.2) is 9.97 Å². The molecule has 2 rings (SSSR count). The highest BCUT2D eigenvalue weighted by molar-refractivity contribution is 5.50. The van der Waals surface area contributed by atoms with Crippen LogP contribution in [0.15, 0.2) is 6.07 Å². The van der Waals surface area contributed by atoms with Crippen LogP contribution in [-0.2, 0) is 5.41 Å². The standard InChI is InChI=1S/C16H28N4/c1-15(2,3)14-18-12(17-6)11-13(19-14)20-9-7-16(4,5)8-10-20/h11H,7-10H2,1-6H3,(H,17,18,19). The molecule has 0 radical (unpaired) electrons. The van der Waals surface area contributed by atoms with E-state index in [1.807, 2.05) is 7.05 Å². The average molecular weight is 276 g/mol. The van der Waals surface area contributed by atoms with Crippen LogP contribution in [0.25, 0.3) is 0 Å². The average Bonchev–Trinajstić information content (AvgIpc) is 2.37. The van der Waals surface area contributed by atoms with E-state index in [1.54, 1.807) is 0 Å². The van der Waals surface area contributed by atoms with Crippen molar-refractivity contribution < 1.29 is 0 Å². The Morgan fingerprint density at radius 3 is 2.25 bits per heavy atom. The van der Waals surface area contributed by atoms with Gasteiger partial charge in [-0.3, -0.25) is 0 Å². The summed E-state index contributed by atoms with van der Waals surface area (Å²) in [6, 6.07) is 2.06. The summed E-state index contributed by atoms with van der Waals surface area (Å²) in [5, 5.41) is 3.16. The van der Waals surface area contributed by atoms with Crippen LogP contribution in [0.3, 0.4) is 0 Å². The minimum atomic E-state index is -0.0311. The van der Waals surface area contributed by atoms with E-state index < -0.39 is 0 Å². The van der Waals surface area contributed by atoms with Gasteiger partial charge in [-0.05, 0) is 18.3 Å². The third-order valence-electron chi connectivity index (χ3n) is 4.08. The molecule has 112 valence electrons. The summed E-state index contributed by atoms with van der Waals surface area (Å²) < 4.78 is 0. The Hall–Kier alpha value is -1.32. The quantitative estimate of drug-likeness (QED) is 0.898. The molecule has 0 spiro atoms. The first-order valence-electron chi connectivity index (χ1n) is 7.53. The summed E-state index contributed by atoms with van der Waals surface area (Å²) in [5.41, 5.74) is 0.429. The van der Waals surface area contributed by atoms with E-state index in [0.717, 1.165) is 30.5 Å².